The first-order chi connectivity index (χ1) is 6.64. The van der Waals surface area contributed by atoms with Gasteiger partial charge in [0.05, 0.1) is 12.7 Å². The second-order valence-electron chi connectivity index (χ2n) is 4.11. The molecule has 4 heteroatoms. The fraction of sp³-hybridized carbons (Fsp3) is 1.00. The van der Waals surface area contributed by atoms with Crippen LogP contribution in [0.1, 0.15) is 20.3 Å². The van der Waals surface area contributed by atoms with Crippen LogP contribution in [0.3, 0.4) is 0 Å². The first-order valence-corrected chi connectivity index (χ1v) is 5.31. The summed E-state index contributed by atoms with van der Waals surface area (Å²) in [4.78, 5) is 0. The molecule has 0 spiro atoms. The van der Waals surface area contributed by atoms with Crippen molar-refractivity contribution < 1.29 is 9.47 Å². The van der Waals surface area contributed by atoms with Gasteiger partial charge in [-0.1, -0.05) is 0 Å². The van der Waals surface area contributed by atoms with E-state index in [2.05, 4.69) is 10.6 Å². The second-order valence-corrected chi connectivity index (χ2v) is 4.11. The summed E-state index contributed by atoms with van der Waals surface area (Å²) >= 11 is 0. The highest BCUT2D eigenvalue weighted by molar-refractivity contribution is 4.72. The maximum Gasteiger partial charge on any atom is 0.163 e. The van der Waals surface area contributed by atoms with Crippen molar-refractivity contribution in [2.75, 3.05) is 33.3 Å². The maximum atomic E-state index is 5.65. The van der Waals surface area contributed by atoms with Gasteiger partial charge < -0.3 is 20.1 Å². The van der Waals surface area contributed by atoms with Gasteiger partial charge in [-0.05, 0) is 40.4 Å². The van der Waals surface area contributed by atoms with Crippen LogP contribution in [0.5, 0.6) is 0 Å². The SMILES string of the molecule is CNCCCNCC1COC(C)(C)O1. The first-order valence-electron chi connectivity index (χ1n) is 5.31. The second kappa shape index (κ2) is 5.66. The summed E-state index contributed by atoms with van der Waals surface area (Å²) < 4.78 is 11.1. The average Bonchev–Trinajstić information content (AvgIpc) is 2.45. The lowest BCUT2D eigenvalue weighted by atomic mass is 10.3. The molecule has 1 fully saturated rings. The van der Waals surface area contributed by atoms with Crippen molar-refractivity contribution in [1.82, 2.24) is 10.6 Å². The topological polar surface area (TPSA) is 42.5 Å². The van der Waals surface area contributed by atoms with E-state index in [1.807, 2.05) is 20.9 Å². The van der Waals surface area contributed by atoms with E-state index in [1.165, 1.54) is 0 Å². The molecule has 84 valence electrons. The minimum absolute atomic E-state index is 0.208. The van der Waals surface area contributed by atoms with Crippen molar-refractivity contribution in [3.63, 3.8) is 0 Å². The van der Waals surface area contributed by atoms with E-state index in [1.54, 1.807) is 0 Å². The number of rotatable bonds is 6. The molecule has 0 aliphatic carbocycles. The van der Waals surface area contributed by atoms with Gasteiger partial charge in [-0.2, -0.15) is 0 Å². The summed E-state index contributed by atoms with van der Waals surface area (Å²) in [5.74, 6) is -0.392. The van der Waals surface area contributed by atoms with Crippen LogP contribution < -0.4 is 10.6 Å². The van der Waals surface area contributed by atoms with Gasteiger partial charge in [-0.15, -0.1) is 0 Å². The summed E-state index contributed by atoms with van der Waals surface area (Å²) in [7, 11) is 1.97. The quantitative estimate of drug-likeness (QED) is 0.609. The van der Waals surface area contributed by atoms with Crippen molar-refractivity contribution in [2.24, 2.45) is 0 Å². The lowest BCUT2D eigenvalue weighted by Crippen LogP contribution is -2.31. The van der Waals surface area contributed by atoms with Gasteiger partial charge >= 0.3 is 0 Å². The van der Waals surface area contributed by atoms with Crippen molar-refractivity contribution in [3.05, 3.63) is 0 Å². The van der Waals surface area contributed by atoms with Crippen LogP contribution >= 0.6 is 0 Å². The molecular weight excluding hydrogens is 180 g/mol. The molecule has 2 N–H and O–H groups in total. The van der Waals surface area contributed by atoms with E-state index in [0.29, 0.717) is 6.61 Å². The Labute approximate surface area is 86.3 Å². The van der Waals surface area contributed by atoms with E-state index in [0.717, 1.165) is 26.1 Å². The Kier molecular flexibility index (Phi) is 4.81. The van der Waals surface area contributed by atoms with Gasteiger partial charge in [0, 0.05) is 6.54 Å². The van der Waals surface area contributed by atoms with Crippen molar-refractivity contribution in [2.45, 2.75) is 32.2 Å². The van der Waals surface area contributed by atoms with Gasteiger partial charge in [0.1, 0.15) is 0 Å². The van der Waals surface area contributed by atoms with E-state index in [4.69, 9.17) is 9.47 Å². The molecule has 0 bridgehead atoms. The lowest BCUT2D eigenvalue weighted by molar-refractivity contribution is -0.137. The predicted molar refractivity (Wildman–Crippen MR) is 56.3 cm³/mol. The molecule has 0 amide bonds. The minimum Gasteiger partial charge on any atom is -0.348 e. The molecule has 0 aromatic rings. The molecule has 1 aliphatic heterocycles. The van der Waals surface area contributed by atoms with Crippen LogP contribution in [0.4, 0.5) is 0 Å². The Morgan fingerprint density at radius 2 is 2.14 bits per heavy atom. The Morgan fingerprint density at radius 1 is 1.36 bits per heavy atom. The normalized spacial score (nSPS) is 25.5. The minimum atomic E-state index is -0.392. The zero-order chi connectivity index (χ0) is 10.4. The molecule has 1 unspecified atom stereocenters. The largest absolute Gasteiger partial charge is 0.348 e. The van der Waals surface area contributed by atoms with E-state index < -0.39 is 5.79 Å². The van der Waals surface area contributed by atoms with Crippen molar-refractivity contribution in [3.8, 4) is 0 Å². The van der Waals surface area contributed by atoms with Crippen molar-refractivity contribution in [1.29, 1.82) is 0 Å². The maximum absolute atomic E-state index is 5.65. The van der Waals surface area contributed by atoms with Crippen LogP contribution in [-0.4, -0.2) is 45.2 Å². The van der Waals surface area contributed by atoms with Crippen LogP contribution in [0.15, 0.2) is 0 Å². The lowest BCUT2D eigenvalue weighted by Gasteiger charge is -2.17. The fourth-order valence-corrected chi connectivity index (χ4v) is 1.52. The van der Waals surface area contributed by atoms with Gasteiger partial charge in [-0.25, -0.2) is 0 Å². The molecule has 1 saturated heterocycles. The average molecular weight is 202 g/mol. The first kappa shape index (κ1) is 11.9. The third-order valence-corrected chi connectivity index (χ3v) is 2.22. The van der Waals surface area contributed by atoms with Crippen LogP contribution in [0, 0.1) is 0 Å². The Morgan fingerprint density at radius 3 is 2.71 bits per heavy atom. The Bertz CT molecular complexity index is 162. The van der Waals surface area contributed by atoms with E-state index in [-0.39, 0.29) is 6.10 Å². The van der Waals surface area contributed by atoms with Crippen LogP contribution in [0.25, 0.3) is 0 Å². The summed E-state index contributed by atoms with van der Waals surface area (Å²) in [5, 5.41) is 6.47. The number of hydrogen-bond acceptors (Lipinski definition) is 4. The highest BCUT2D eigenvalue weighted by Gasteiger charge is 2.31. The third kappa shape index (κ3) is 4.37. The summed E-state index contributed by atoms with van der Waals surface area (Å²) in [6, 6.07) is 0. The number of nitrogens with one attached hydrogen (secondary N) is 2. The molecule has 1 aliphatic rings. The zero-order valence-electron chi connectivity index (χ0n) is 9.43. The molecule has 4 nitrogen and oxygen atoms in total. The van der Waals surface area contributed by atoms with Crippen molar-refractivity contribution >= 4 is 0 Å². The predicted octanol–water partition coefficient (Wildman–Crippen LogP) is 0.337. The number of ether oxygens (including phenoxy) is 2. The molecule has 14 heavy (non-hydrogen) atoms. The summed E-state index contributed by atoms with van der Waals surface area (Å²) in [6.45, 7) is 7.57. The highest BCUT2D eigenvalue weighted by atomic mass is 16.7. The molecular formula is C10H22N2O2. The zero-order valence-corrected chi connectivity index (χ0v) is 9.43. The van der Waals surface area contributed by atoms with Gasteiger partial charge in [0.2, 0.25) is 0 Å². The molecule has 0 aromatic carbocycles. The Hall–Kier alpha value is -0.160. The fourth-order valence-electron chi connectivity index (χ4n) is 1.52. The molecule has 1 rings (SSSR count). The number of hydrogen-bond donors (Lipinski definition) is 2. The molecule has 1 atom stereocenters. The highest BCUT2D eigenvalue weighted by Crippen LogP contribution is 2.21. The molecule has 0 saturated carbocycles. The standard InChI is InChI=1S/C10H22N2O2/c1-10(2)13-8-9(14-10)7-12-6-4-5-11-3/h9,11-12H,4-8H2,1-3H3. The molecule has 0 aromatic heterocycles. The van der Waals surface area contributed by atoms with E-state index in [9.17, 15) is 0 Å². The van der Waals surface area contributed by atoms with Crippen LogP contribution in [-0.2, 0) is 9.47 Å². The summed E-state index contributed by atoms with van der Waals surface area (Å²) in [5.41, 5.74) is 0. The van der Waals surface area contributed by atoms with E-state index >= 15 is 0 Å². The monoisotopic (exact) mass is 202 g/mol. The van der Waals surface area contributed by atoms with Gasteiger partial charge in [0.25, 0.3) is 0 Å². The Balaban J connectivity index is 1.98. The van der Waals surface area contributed by atoms with Gasteiger partial charge in [-0.3, -0.25) is 0 Å². The van der Waals surface area contributed by atoms with Gasteiger partial charge in [0.15, 0.2) is 5.79 Å². The van der Waals surface area contributed by atoms with Crippen LogP contribution in [0.2, 0.25) is 0 Å². The summed E-state index contributed by atoms with van der Waals surface area (Å²) in [6.07, 6.45) is 1.35. The third-order valence-electron chi connectivity index (χ3n) is 2.22. The molecule has 0 radical (unpaired) electrons. The smallest absolute Gasteiger partial charge is 0.163 e. The molecule has 1 heterocycles.